The van der Waals surface area contributed by atoms with Gasteiger partial charge in [0.15, 0.2) is 0 Å². The fourth-order valence-electron chi connectivity index (χ4n) is 2.95. The van der Waals surface area contributed by atoms with E-state index in [0.29, 0.717) is 5.69 Å². The van der Waals surface area contributed by atoms with Gasteiger partial charge >= 0.3 is 0 Å². The molecule has 2 N–H and O–H groups in total. The van der Waals surface area contributed by atoms with Crippen LogP contribution in [0.5, 0.6) is 0 Å². The summed E-state index contributed by atoms with van der Waals surface area (Å²) in [6, 6.07) is 7.60. The van der Waals surface area contributed by atoms with Crippen LogP contribution in [0.1, 0.15) is 46.0 Å². The zero-order chi connectivity index (χ0) is 16.0. The van der Waals surface area contributed by atoms with Gasteiger partial charge in [-0.25, -0.2) is 0 Å². The van der Waals surface area contributed by atoms with Crippen LogP contribution in [0.3, 0.4) is 0 Å². The summed E-state index contributed by atoms with van der Waals surface area (Å²) in [6.45, 7) is 6.08. The summed E-state index contributed by atoms with van der Waals surface area (Å²) >= 11 is 0. The van der Waals surface area contributed by atoms with Crippen molar-refractivity contribution in [2.45, 2.75) is 52.0 Å². The lowest BCUT2D eigenvalue weighted by atomic mass is 9.96. The second-order valence-corrected chi connectivity index (χ2v) is 7.22. The van der Waals surface area contributed by atoms with Gasteiger partial charge in [0, 0.05) is 30.5 Å². The number of nitrogens with zero attached hydrogens (tertiary/aromatic N) is 1. The summed E-state index contributed by atoms with van der Waals surface area (Å²) in [5.74, 6) is 0. The molecule has 1 fully saturated rings. The highest BCUT2D eigenvalue weighted by Gasteiger charge is 2.19. The second kappa shape index (κ2) is 7.83. The maximum Gasteiger partial charge on any atom is 0.299 e. The number of hydrogen-bond donors (Lipinski definition) is 2. The Morgan fingerprint density at radius 3 is 2.18 bits per heavy atom. The van der Waals surface area contributed by atoms with Crippen molar-refractivity contribution in [3.63, 3.8) is 0 Å². The summed E-state index contributed by atoms with van der Waals surface area (Å²) in [5.41, 5.74) is 1.70. The normalized spacial score (nSPS) is 16.5. The number of nitrogens with one attached hydrogen (secondary N) is 2. The van der Waals surface area contributed by atoms with E-state index in [1.807, 2.05) is 24.3 Å². The molecule has 6 heteroatoms. The first-order chi connectivity index (χ1) is 10.5. The molecule has 5 nitrogen and oxygen atoms in total. The Labute approximate surface area is 134 Å². The van der Waals surface area contributed by atoms with Crippen LogP contribution in [0.15, 0.2) is 24.3 Å². The number of rotatable bonds is 7. The Bertz CT molecular complexity index is 547. The molecule has 1 aromatic rings. The lowest BCUT2D eigenvalue weighted by molar-refractivity contribution is 0.413. The van der Waals surface area contributed by atoms with Crippen molar-refractivity contribution < 1.29 is 8.42 Å². The Kier molecular flexibility index (Phi) is 6.08. The molecule has 124 valence electrons. The van der Waals surface area contributed by atoms with Crippen LogP contribution < -0.4 is 14.3 Å². The van der Waals surface area contributed by atoms with E-state index in [1.54, 1.807) is 0 Å². The summed E-state index contributed by atoms with van der Waals surface area (Å²) in [4.78, 5) is 2.22. The van der Waals surface area contributed by atoms with Gasteiger partial charge in [-0.05, 0) is 51.0 Å². The van der Waals surface area contributed by atoms with Crippen LogP contribution in [0.2, 0.25) is 0 Å². The molecule has 2 rings (SSSR count). The minimum Gasteiger partial charge on any atom is -0.372 e. The van der Waals surface area contributed by atoms with Crippen LogP contribution in [-0.4, -0.2) is 27.5 Å². The van der Waals surface area contributed by atoms with E-state index in [1.165, 1.54) is 6.42 Å². The van der Waals surface area contributed by atoms with Crippen LogP contribution in [0.25, 0.3) is 0 Å². The number of anilines is 2. The molecule has 0 amide bonds. The van der Waals surface area contributed by atoms with Gasteiger partial charge in [-0.2, -0.15) is 13.1 Å². The average molecular weight is 325 g/mol. The molecule has 0 spiro atoms. The van der Waals surface area contributed by atoms with Gasteiger partial charge in [0.25, 0.3) is 10.2 Å². The molecular weight excluding hydrogens is 298 g/mol. The molecule has 1 aliphatic rings. The third-order valence-electron chi connectivity index (χ3n) is 4.18. The lowest BCUT2D eigenvalue weighted by Crippen LogP contribution is -2.39. The van der Waals surface area contributed by atoms with Crippen LogP contribution >= 0.6 is 0 Å². The van der Waals surface area contributed by atoms with Crippen molar-refractivity contribution in [1.29, 1.82) is 0 Å². The second-order valence-electron chi connectivity index (χ2n) is 5.78. The van der Waals surface area contributed by atoms with Gasteiger partial charge in [0.2, 0.25) is 0 Å². The van der Waals surface area contributed by atoms with Crippen LogP contribution in [-0.2, 0) is 10.2 Å². The minimum atomic E-state index is -3.49. The zero-order valence-electron chi connectivity index (χ0n) is 13.5. The Morgan fingerprint density at radius 2 is 1.64 bits per heavy atom. The van der Waals surface area contributed by atoms with E-state index in [0.717, 1.165) is 44.5 Å². The summed E-state index contributed by atoms with van der Waals surface area (Å²) < 4.78 is 29.7. The Balaban J connectivity index is 1.96. The van der Waals surface area contributed by atoms with E-state index in [-0.39, 0.29) is 6.04 Å². The van der Waals surface area contributed by atoms with E-state index in [2.05, 4.69) is 28.2 Å². The Hall–Kier alpha value is -1.27. The van der Waals surface area contributed by atoms with E-state index < -0.39 is 10.2 Å². The summed E-state index contributed by atoms with van der Waals surface area (Å²) in [5, 5.41) is 0. The summed E-state index contributed by atoms with van der Waals surface area (Å²) in [7, 11) is -3.49. The van der Waals surface area contributed by atoms with Gasteiger partial charge in [0.05, 0.1) is 0 Å². The standard InChI is InChI=1S/C16H27N3O2S/c1-3-19(4-2)16-12-10-15(11-13-16)18-22(20,21)17-14-8-6-5-7-9-14/h10-14,17-18H,3-9H2,1-2H3. The van der Waals surface area contributed by atoms with E-state index in [9.17, 15) is 8.42 Å². The maximum atomic E-state index is 12.2. The number of hydrogen-bond acceptors (Lipinski definition) is 3. The molecule has 1 aliphatic carbocycles. The minimum absolute atomic E-state index is 0.0706. The first-order valence-electron chi connectivity index (χ1n) is 8.19. The average Bonchev–Trinajstić information content (AvgIpc) is 2.50. The van der Waals surface area contributed by atoms with Crippen LogP contribution in [0.4, 0.5) is 11.4 Å². The highest BCUT2D eigenvalue weighted by molar-refractivity contribution is 7.90. The molecule has 0 unspecified atom stereocenters. The topological polar surface area (TPSA) is 61.4 Å². The largest absolute Gasteiger partial charge is 0.372 e. The Morgan fingerprint density at radius 1 is 1.05 bits per heavy atom. The molecule has 0 bridgehead atoms. The molecule has 0 aromatic heterocycles. The predicted molar refractivity (Wildman–Crippen MR) is 92.6 cm³/mol. The highest BCUT2D eigenvalue weighted by Crippen LogP contribution is 2.20. The first-order valence-corrected chi connectivity index (χ1v) is 9.67. The van der Waals surface area contributed by atoms with Gasteiger partial charge in [0.1, 0.15) is 0 Å². The van der Waals surface area contributed by atoms with Crippen LogP contribution in [0, 0.1) is 0 Å². The third-order valence-corrected chi connectivity index (χ3v) is 5.32. The molecular formula is C16H27N3O2S. The molecule has 0 saturated heterocycles. The van der Waals surface area contributed by atoms with Crippen molar-refractivity contribution in [2.24, 2.45) is 0 Å². The van der Waals surface area contributed by atoms with Gasteiger partial charge < -0.3 is 4.90 Å². The molecule has 0 heterocycles. The monoisotopic (exact) mass is 325 g/mol. The maximum absolute atomic E-state index is 12.2. The van der Waals surface area contributed by atoms with E-state index >= 15 is 0 Å². The third kappa shape index (κ3) is 4.88. The molecule has 0 aliphatic heterocycles. The molecule has 22 heavy (non-hydrogen) atoms. The van der Waals surface area contributed by atoms with Crippen molar-refractivity contribution in [1.82, 2.24) is 4.72 Å². The number of benzene rings is 1. The molecule has 1 saturated carbocycles. The van der Waals surface area contributed by atoms with E-state index in [4.69, 9.17) is 0 Å². The molecule has 0 atom stereocenters. The lowest BCUT2D eigenvalue weighted by Gasteiger charge is -2.23. The molecule has 0 radical (unpaired) electrons. The zero-order valence-corrected chi connectivity index (χ0v) is 14.3. The van der Waals surface area contributed by atoms with Crippen molar-refractivity contribution >= 4 is 21.6 Å². The quantitative estimate of drug-likeness (QED) is 0.810. The fraction of sp³-hybridized carbons (Fsp3) is 0.625. The highest BCUT2D eigenvalue weighted by atomic mass is 32.2. The predicted octanol–water partition coefficient (Wildman–Crippen LogP) is 3.11. The van der Waals surface area contributed by atoms with Gasteiger partial charge in [-0.1, -0.05) is 19.3 Å². The van der Waals surface area contributed by atoms with Crippen molar-refractivity contribution in [3.8, 4) is 0 Å². The summed E-state index contributed by atoms with van der Waals surface area (Å²) in [6.07, 6.45) is 5.28. The SMILES string of the molecule is CCN(CC)c1ccc(NS(=O)(=O)NC2CCCCC2)cc1. The van der Waals surface area contributed by atoms with Crippen molar-refractivity contribution in [2.75, 3.05) is 22.7 Å². The molecule has 1 aromatic carbocycles. The smallest absolute Gasteiger partial charge is 0.299 e. The first kappa shape index (κ1) is 17.1. The fourth-order valence-corrected chi connectivity index (χ4v) is 4.13. The van der Waals surface area contributed by atoms with Gasteiger partial charge in [-0.3, -0.25) is 4.72 Å². The van der Waals surface area contributed by atoms with Crippen molar-refractivity contribution in [3.05, 3.63) is 24.3 Å². The van der Waals surface area contributed by atoms with Gasteiger partial charge in [-0.15, -0.1) is 0 Å².